The molecule has 0 aliphatic carbocycles. The van der Waals surface area contributed by atoms with Crippen LogP contribution in [0.4, 0.5) is 0 Å². The molecule has 0 heterocycles. The van der Waals surface area contributed by atoms with Crippen LogP contribution in [0.2, 0.25) is 0 Å². The molecule has 0 aliphatic heterocycles. The quantitative estimate of drug-likeness (QED) is 0.414. The van der Waals surface area contributed by atoms with Crippen molar-refractivity contribution in [3.05, 3.63) is 0 Å². The van der Waals surface area contributed by atoms with Crippen LogP contribution in [0.1, 0.15) is 0 Å². The van der Waals surface area contributed by atoms with Crippen LogP contribution in [-0.4, -0.2) is 10.8 Å². The van der Waals surface area contributed by atoms with E-state index in [1.54, 1.807) is 0 Å². The van der Waals surface area contributed by atoms with Crippen molar-refractivity contribution in [1.82, 2.24) is 0 Å². The van der Waals surface area contributed by atoms with Gasteiger partial charge in [0.2, 0.25) is 0 Å². The molecule has 0 radical (unpaired) electrons. The molecule has 0 bridgehead atoms. The molecule has 0 fully saturated rings. The topological polar surface area (TPSA) is 34.1 Å². The summed E-state index contributed by atoms with van der Waals surface area (Å²) in [5.41, 5.74) is 0. The molecule has 0 aliphatic rings. The molecule has 0 spiro atoms. The second kappa shape index (κ2) is 16.4. The monoisotopic (exact) mass is 150 g/mol. The predicted molar refractivity (Wildman–Crippen MR) is 12.9 cm³/mol. The summed E-state index contributed by atoms with van der Waals surface area (Å²) in [6.07, 6.45) is 0. The van der Waals surface area contributed by atoms with E-state index in [0.717, 1.165) is 0 Å². The second-order valence-electron chi connectivity index (χ2n) is 0.250. The molecule has 6 heteroatoms. The first-order chi connectivity index (χ1) is 2.83. The van der Waals surface area contributed by atoms with Crippen molar-refractivity contribution in [1.29, 1.82) is 0 Å². The van der Waals surface area contributed by atoms with Crippen molar-refractivity contribution in [3.63, 3.8) is 0 Å². The average Bonchev–Trinajstić information content (AvgIpc) is 1.39. The number of rotatable bonds is 0. The average molecular weight is 149 g/mol. The summed E-state index contributed by atoms with van der Waals surface area (Å²) in [5.74, 6) is 0. The molecule has 0 aromatic rings. The van der Waals surface area contributed by atoms with E-state index in [-0.39, 0.29) is 0 Å². The molecule has 0 N–H and O–H groups in total. The Morgan fingerprint density at radius 3 is 1.17 bits per heavy atom. The van der Waals surface area contributed by atoms with Gasteiger partial charge >= 0.3 is 53.9 Å². The van der Waals surface area contributed by atoms with Gasteiger partial charge in [-0.3, -0.25) is 0 Å². The molecule has 26 valence electrons. The molecule has 0 saturated carbocycles. The Bertz CT molecular complexity index is 140. The summed E-state index contributed by atoms with van der Waals surface area (Å²) < 4.78 is 17.0. The Labute approximate surface area is 53.6 Å². The molecule has 0 atom stereocenters. The van der Waals surface area contributed by atoms with Crippen LogP contribution in [0.25, 0.3) is 0 Å². The molecule has 2 nitrogen and oxygen atoms in total. The van der Waals surface area contributed by atoms with Gasteiger partial charge in [0, 0.05) is 0 Å². The van der Waals surface area contributed by atoms with Crippen molar-refractivity contribution in [2.75, 3.05) is 0 Å². The van der Waals surface area contributed by atoms with Crippen molar-refractivity contribution in [2.24, 2.45) is 0 Å². The third-order valence-electron chi connectivity index (χ3n) is 0. The van der Waals surface area contributed by atoms with Gasteiger partial charge in [0.1, 0.15) is 0 Å². The summed E-state index contributed by atoms with van der Waals surface area (Å²) in [6.45, 7) is 0. The van der Waals surface area contributed by atoms with E-state index in [4.69, 9.17) is 17.4 Å². The summed E-state index contributed by atoms with van der Waals surface area (Å²) in [5, 5.41) is 9.50. The molecule has 0 amide bonds. The van der Waals surface area contributed by atoms with Crippen LogP contribution in [-0.2, 0) is 43.1 Å². The molecular weight excluding hydrogens is 149 g/mol. The maximum atomic E-state index is 8.50. The molecule has 0 aromatic heterocycles. The fraction of sp³-hybridized carbons (Fsp3) is 0. The van der Waals surface area contributed by atoms with Crippen molar-refractivity contribution in [3.8, 4) is 0 Å². The zero-order chi connectivity index (χ0) is 5.41. The second-order valence-corrected chi connectivity index (χ2v) is 1.03. The fourth-order valence-corrected chi connectivity index (χ4v) is 0. The summed E-state index contributed by atoms with van der Waals surface area (Å²) in [7, 11) is 0. The van der Waals surface area contributed by atoms with Gasteiger partial charge in [0.15, 0.2) is 0 Å². The van der Waals surface area contributed by atoms with Gasteiger partial charge in [-0.05, 0) is 0 Å². The fourth-order valence-electron chi connectivity index (χ4n) is 0. The Morgan fingerprint density at radius 1 is 1.17 bits per heavy atom. The Kier molecular flexibility index (Phi) is 27.9. The number of hydrogen-bond donors (Lipinski definition) is 0. The third-order valence-corrected chi connectivity index (χ3v) is 0. The van der Waals surface area contributed by atoms with E-state index in [9.17, 15) is 0 Å². The van der Waals surface area contributed by atoms with Crippen molar-refractivity contribution in [2.45, 2.75) is 0 Å². The standard InChI is InChI=1S/2B.2O.2Ti. The van der Waals surface area contributed by atoms with Crippen molar-refractivity contribution >= 4 is 10.8 Å². The zero-order valence-corrected chi connectivity index (χ0v) is 6.09. The normalized spacial score (nSPS) is 5.33. The van der Waals surface area contributed by atoms with Gasteiger partial charge < -0.3 is 0 Å². The van der Waals surface area contributed by atoms with E-state index in [2.05, 4.69) is 0 Å². The minimum absolute atomic E-state index is 0.500. The molecular formula is B2O2Ti2. The van der Waals surface area contributed by atoms with Crippen LogP contribution >= 0.6 is 0 Å². The van der Waals surface area contributed by atoms with E-state index in [1.807, 2.05) is 0 Å². The van der Waals surface area contributed by atoms with Crippen molar-refractivity contribution < 1.29 is 43.1 Å². The van der Waals surface area contributed by atoms with Gasteiger partial charge in [-0.2, -0.15) is 0 Å². The van der Waals surface area contributed by atoms with E-state index in [1.165, 1.54) is 0 Å². The van der Waals surface area contributed by atoms with Gasteiger partial charge in [-0.1, -0.05) is 0 Å². The Morgan fingerprint density at radius 2 is 1.17 bits per heavy atom. The Hall–Kier alpha value is 1.16. The van der Waals surface area contributed by atoms with Crippen LogP contribution in [0.15, 0.2) is 0 Å². The predicted octanol–water partition coefficient (Wildman–Crippen LogP) is -1.00. The van der Waals surface area contributed by atoms with Gasteiger partial charge in [0.05, 0.1) is 0 Å². The maximum absolute atomic E-state index is 8.50. The molecule has 0 rings (SSSR count). The van der Waals surface area contributed by atoms with Crippen LogP contribution in [0, 0.1) is 0 Å². The van der Waals surface area contributed by atoms with E-state index in [0.29, 0.717) is 0 Å². The van der Waals surface area contributed by atoms with Gasteiger partial charge in [-0.15, -0.1) is 0 Å². The van der Waals surface area contributed by atoms with Crippen LogP contribution < -0.4 is 0 Å². The summed E-state index contributed by atoms with van der Waals surface area (Å²) >= 11 is -2.50. The SMILES string of the molecule is [B]#[Ti]#[B].[O]=[Ti]=[O]. The first-order valence-electron chi connectivity index (χ1n) is 0.986. The van der Waals surface area contributed by atoms with Gasteiger partial charge in [-0.25, -0.2) is 0 Å². The van der Waals surface area contributed by atoms with E-state index < -0.39 is 36.5 Å². The van der Waals surface area contributed by atoms with Gasteiger partial charge in [0.25, 0.3) is 0 Å². The summed E-state index contributed by atoms with van der Waals surface area (Å²) in [6, 6.07) is 0. The molecule has 0 saturated heterocycles. The third kappa shape index (κ3) is 66.5. The first-order valence-corrected chi connectivity index (χ1v) is 4.06. The minimum atomic E-state index is -2.00. The van der Waals surface area contributed by atoms with Crippen LogP contribution in [0.3, 0.4) is 0 Å². The summed E-state index contributed by atoms with van der Waals surface area (Å²) in [4.78, 5) is 0. The Balaban J connectivity index is 0. The first kappa shape index (κ1) is 10.2. The molecule has 0 aromatic carbocycles. The molecule has 6 heavy (non-hydrogen) atoms. The zero-order valence-electron chi connectivity index (χ0n) is 2.97. The van der Waals surface area contributed by atoms with Crippen LogP contribution in [0.5, 0.6) is 0 Å². The molecule has 0 unspecified atom stereocenters. The van der Waals surface area contributed by atoms with E-state index >= 15 is 0 Å². The number of hydrogen-bond acceptors (Lipinski definition) is 2.